The number of phosphoric acid groups is 1. The van der Waals surface area contributed by atoms with Crippen molar-refractivity contribution in [1.82, 2.24) is 5.32 Å². The third-order valence-electron chi connectivity index (χ3n) is 2.72. The molecule has 1 amide bonds. The van der Waals surface area contributed by atoms with Crippen molar-refractivity contribution in [3.05, 3.63) is 12.2 Å². The van der Waals surface area contributed by atoms with E-state index in [1.807, 2.05) is 21.1 Å². The number of carbonyl (C=O) groups is 1. The molecule has 0 radical (unpaired) electrons. The number of carbonyl (C=O) groups excluding carboxylic acids is 1. The molecule has 130 valence electrons. The zero-order chi connectivity index (χ0) is 17.2. The Morgan fingerprint density at radius 3 is 2.23 bits per heavy atom. The highest BCUT2D eigenvalue weighted by molar-refractivity contribution is 7.45. The van der Waals surface area contributed by atoms with Crippen LogP contribution in [0.5, 0.6) is 0 Å². The van der Waals surface area contributed by atoms with Gasteiger partial charge in [-0.05, 0) is 19.8 Å². The lowest BCUT2D eigenvalue weighted by molar-refractivity contribution is -0.870. The van der Waals surface area contributed by atoms with E-state index in [2.05, 4.69) is 11.9 Å². The molecule has 0 saturated carbocycles. The molecule has 0 rings (SSSR count). The summed E-state index contributed by atoms with van der Waals surface area (Å²) in [6, 6.07) is 0. The fourth-order valence-electron chi connectivity index (χ4n) is 1.51. The maximum Gasteiger partial charge on any atom is 0.267 e. The van der Waals surface area contributed by atoms with Crippen LogP contribution in [0, 0.1) is 0 Å². The van der Waals surface area contributed by atoms with Gasteiger partial charge in [0, 0.05) is 18.5 Å². The molecule has 0 aliphatic rings. The molecule has 0 aromatic heterocycles. The molecule has 0 spiro atoms. The number of nitrogens with zero attached hydrogens (tertiary/aromatic N) is 1. The standard InChI is InChI=1S/C14H29N2O5P/c1-13(2)14(17)15-9-6-7-11-20-22(18,19)21-12-8-10-16(3,4)5/h1,6-12H2,2-5H3,(H-,15,17,18,19). The Morgan fingerprint density at radius 1 is 1.18 bits per heavy atom. The van der Waals surface area contributed by atoms with Crippen molar-refractivity contribution in [3.8, 4) is 0 Å². The Bertz CT molecular complexity index is 407. The summed E-state index contributed by atoms with van der Waals surface area (Å²) >= 11 is 0. The van der Waals surface area contributed by atoms with E-state index >= 15 is 0 Å². The maximum absolute atomic E-state index is 11.5. The average molecular weight is 336 g/mol. The summed E-state index contributed by atoms with van der Waals surface area (Å²) in [5.74, 6) is -0.198. The summed E-state index contributed by atoms with van der Waals surface area (Å²) in [7, 11) is 1.87. The van der Waals surface area contributed by atoms with Crippen molar-refractivity contribution in [3.63, 3.8) is 0 Å². The van der Waals surface area contributed by atoms with E-state index in [0.717, 1.165) is 11.0 Å². The third kappa shape index (κ3) is 13.0. The Morgan fingerprint density at radius 2 is 1.73 bits per heavy atom. The van der Waals surface area contributed by atoms with Crippen LogP contribution in [0.3, 0.4) is 0 Å². The Kier molecular flexibility index (Phi) is 9.80. The van der Waals surface area contributed by atoms with E-state index in [9.17, 15) is 14.3 Å². The van der Waals surface area contributed by atoms with E-state index in [0.29, 0.717) is 31.4 Å². The highest BCUT2D eigenvalue weighted by atomic mass is 31.2. The van der Waals surface area contributed by atoms with Gasteiger partial charge in [0.1, 0.15) is 0 Å². The van der Waals surface area contributed by atoms with Gasteiger partial charge in [-0.25, -0.2) is 0 Å². The summed E-state index contributed by atoms with van der Waals surface area (Å²) in [5.41, 5.74) is 0.447. The minimum Gasteiger partial charge on any atom is -0.756 e. The highest BCUT2D eigenvalue weighted by Crippen LogP contribution is 2.38. The van der Waals surface area contributed by atoms with Crippen molar-refractivity contribution >= 4 is 13.7 Å². The Hall–Kier alpha value is -0.720. The number of phosphoric ester groups is 1. The number of hydrogen-bond donors (Lipinski definition) is 1. The van der Waals surface area contributed by atoms with Gasteiger partial charge in [0.05, 0.1) is 40.9 Å². The normalized spacial score (nSPS) is 14.4. The van der Waals surface area contributed by atoms with Crippen molar-refractivity contribution in [2.24, 2.45) is 0 Å². The number of unbranched alkanes of at least 4 members (excludes halogenated alkanes) is 1. The summed E-state index contributed by atoms with van der Waals surface area (Å²) < 4.78 is 21.8. The summed E-state index contributed by atoms with van der Waals surface area (Å²) in [5, 5.41) is 2.66. The van der Waals surface area contributed by atoms with E-state index in [1.165, 1.54) is 0 Å². The number of rotatable bonds is 12. The second kappa shape index (κ2) is 10.1. The molecule has 0 heterocycles. The molecule has 0 fully saturated rings. The van der Waals surface area contributed by atoms with Crippen LogP contribution in [0.4, 0.5) is 0 Å². The molecule has 0 bridgehead atoms. The molecular formula is C14H29N2O5P. The summed E-state index contributed by atoms with van der Waals surface area (Å²) in [4.78, 5) is 22.7. The molecule has 1 atom stereocenters. The van der Waals surface area contributed by atoms with Crippen LogP contribution in [-0.4, -0.2) is 57.8 Å². The molecule has 7 nitrogen and oxygen atoms in total. The van der Waals surface area contributed by atoms with Crippen LogP contribution in [-0.2, 0) is 18.4 Å². The zero-order valence-electron chi connectivity index (χ0n) is 14.1. The molecule has 0 aromatic rings. The van der Waals surface area contributed by atoms with E-state index in [-0.39, 0.29) is 19.1 Å². The number of hydrogen-bond acceptors (Lipinski definition) is 5. The molecule has 0 saturated heterocycles. The maximum atomic E-state index is 11.5. The van der Waals surface area contributed by atoms with E-state index < -0.39 is 7.82 Å². The van der Waals surface area contributed by atoms with Gasteiger partial charge in [0.25, 0.3) is 7.82 Å². The van der Waals surface area contributed by atoms with Crippen molar-refractivity contribution in [1.29, 1.82) is 0 Å². The van der Waals surface area contributed by atoms with Crippen LogP contribution < -0.4 is 10.2 Å². The Labute approximate surface area is 133 Å². The number of quaternary nitrogens is 1. The van der Waals surface area contributed by atoms with Crippen LogP contribution in [0.1, 0.15) is 26.2 Å². The third-order valence-corrected chi connectivity index (χ3v) is 3.71. The molecule has 1 N–H and O–H groups in total. The number of nitrogens with one attached hydrogen (secondary N) is 1. The lowest BCUT2D eigenvalue weighted by Gasteiger charge is -2.26. The summed E-state index contributed by atoms with van der Waals surface area (Å²) in [6.45, 7) is 6.61. The van der Waals surface area contributed by atoms with Gasteiger partial charge in [-0.15, -0.1) is 0 Å². The molecule has 22 heavy (non-hydrogen) atoms. The second-order valence-corrected chi connectivity index (χ2v) is 7.64. The first-order valence-electron chi connectivity index (χ1n) is 7.38. The van der Waals surface area contributed by atoms with Gasteiger partial charge >= 0.3 is 0 Å². The van der Waals surface area contributed by atoms with E-state index in [4.69, 9.17) is 9.05 Å². The fraction of sp³-hybridized carbons (Fsp3) is 0.786. The molecule has 8 heteroatoms. The van der Waals surface area contributed by atoms with Crippen LogP contribution in [0.15, 0.2) is 12.2 Å². The first-order chi connectivity index (χ1) is 10.0. The fourth-order valence-corrected chi connectivity index (χ4v) is 2.29. The van der Waals surface area contributed by atoms with Gasteiger partial charge in [-0.1, -0.05) is 6.58 Å². The SMILES string of the molecule is C=C(C)C(=O)NCCCCOP(=O)([O-])OCCC[N+](C)(C)C. The molecule has 0 aromatic carbocycles. The highest BCUT2D eigenvalue weighted by Gasteiger charge is 2.11. The monoisotopic (exact) mass is 336 g/mol. The van der Waals surface area contributed by atoms with Crippen LogP contribution >= 0.6 is 7.82 Å². The van der Waals surface area contributed by atoms with Gasteiger partial charge in [0.2, 0.25) is 5.91 Å². The van der Waals surface area contributed by atoms with Gasteiger partial charge in [-0.3, -0.25) is 9.36 Å². The van der Waals surface area contributed by atoms with Crippen molar-refractivity contribution < 1.29 is 27.8 Å². The summed E-state index contributed by atoms with van der Waals surface area (Å²) in [6.07, 6.45) is 1.79. The molecule has 0 aliphatic heterocycles. The predicted molar refractivity (Wildman–Crippen MR) is 84.1 cm³/mol. The lowest BCUT2D eigenvalue weighted by Crippen LogP contribution is -2.35. The van der Waals surface area contributed by atoms with Gasteiger partial charge < -0.3 is 23.7 Å². The minimum atomic E-state index is -4.22. The molecular weight excluding hydrogens is 307 g/mol. The van der Waals surface area contributed by atoms with Crippen LogP contribution in [0.2, 0.25) is 0 Å². The predicted octanol–water partition coefficient (Wildman–Crippen LogP) is 1.06. The number of amides is 1. The van der Waals surface area contributed by atoms with Crippen molar-refractivity contribution in [2.45, 2.75) is 26.2 Å². The minimum absolute atomic E-state index is 0.0546. The van der Waals surface area contributed by atoms with Gasteiger partial charge in [-0.2, -0.15) is 0 Å². The average Bonchev–Trinajstić information content (AvgIpc) is 2.37. The Balaban J connectivity index is 3.66. The van der Waals surface area contributed by atoms with Crippen molar-refractivity contribution in [2.75, 3.05) is 47.4 Å². The first-order valence-corrected chi connectivity index (χ1v) is 8.84. The van der Waals surface area contributed by atoms with Crippen LogP contribution in [0.25, 0.3) is 0 Å². The lowest BCUT2D eigenvalue weighted by atomic mass is 10.3. The second-order valence-electron chi connectivity index (χ2n) is 6.22. The zero-order valence-corrected chi connectivity index (χ0v) is 15.0. The largest absolute Gasteiger partial charge is 0.756 e. The quantitative estimate of drug-likeness (QED) is 0.249. The van der Waals surface area contributed by atoms with E-state index in [1.54, 1.807) is 6.92 Å². The molecule has 1 unspecified atom stereocenters. The van der Waals surface area contributed by atoms with Gasteiger partial charge in [0.15, 0.2) is 0 Å². The smallest absolute Gasteiger partial charge is 0.267 e. The molecule has 0 aliphatic carbocycles. The topological polar surface area (TPSA) is 87.7 Å². The first kappa shape index (κ1) is 21.3.